The molecule has 7 heteroatoms. The van der Waals surface area contributed by atoms with Crippen LogP contribution in [0, 0.1) is 5.41 Å². The Morgan fingerprint density at radius 3 is 2.76 bits per heavy atom. The average Bonchev–Trinajstić information content (AvgIpc) is 2.90. The van der Waals surface area contributed by atoms with E-state index >= 15 is 0 Å². The Kier molecular flexibility index (Phi) is 4.36. The molecule has 6 nitrogen and oxygen atoms in total. The van der Waals surface area contributed by atoms with Crippen molar-refractivity contribution < 1.29 is 13.2 Å². The van der Waals surface area contributed by atoms with E-state index in [0.717, 1.165) is 6.42 Å². The van der Waals surface area contributed by atoms with E-state index < -0.39 is 10.0 Å². The first-order valence-corrected chi connectivity index (χ1v) is 8.33. The van der Waals surface area contributed by atoms with Crippen molar-refractivity contribution in [2.45, 2.75) is 18.2 Å². The van der Waals surface area contributed by atoms with Gasteiger partial charge in [-0.2, -0.15) is 0 Å². The van der Waals surface area contributed by atoms with Crippen LogP contribution in [0.25, 0.3) is 0 Å². The van der Waals surface area contributed by atoms with Crippen LogP contribution in [-0.4, -0.2) is 45.9 Å². The molecule has 3 N–H and O–H groups in total. The number of nitrogens with one attached hydrogen (secondary N) is 1. The molecule has 0 bridgehead atoms. The van der Waals surface area contributed by atoms with Crippen molar-refractivity contribution >= 4 is 15.9 Å². The van der Waals surface area contributed by atoms with Crippen LogP contribution in [0.1, 0.15) is 23.7 Å². The third-order valence-corrected chi connectivity index (χ3v) is 5.41. The van der Waals surface area contributed by atoms with Gasteiger partial charge in [-0.3, -0.25) is 4.79 Å². The summed E-state index contributed by atoms with van der Waals surface area (Å²) in [7, 11) is -2.20. The van der Waals surface area contributed by atoms with Crippen molar-refractivity contribution in [3.05, 3.63) is 29.8 Å². The quantitative estimate of drug-likeness (QED) is 0.842. The van der Waals surface area contributed by atoms with Crippen molar-refractivity contribution in [3.8, 4) is 0 Å². The Labute approximate surface area is 125 Å². The highest BCUT2D eigenvalue weighted by molar-refractivity contribution is 7.89. The predicted octanol–water partition coefficient (Wildman–Crippen LogP) is 0.406. The summed E-state index contributed by atoms with van der Waals surface area (Å²) in [6.45, 7) is 3.84. The van der Waals surface area contributed by atoms with Crippen LogP contribution < -0.4 is 10.5 Å². The van der Waals surface area contributed by atoms with Gasteiger partial charge in [-0.25, -0.2) is 13.1 Å². The lowest BCUT2D eigenvalue weighted by atomic mass is 9.90. The Morgan fingerprint density at radius 2 is 2.19 bits per heavy atom. The van der Waals surface area contributed by atoms with Crippen molar-refractivity contribution in [1.82, 2.24) is 9.62 Å². The molecule has 1 aliphatic heterocycles. The fraction of sp³-hybridized carbons (Fsp3) is 0.500. The van der Waals surface area contributed by atoms with Crippen molar-refractivity contribution in [2.75, 3.05) is 26.7 Å². The molecular weight excluding hydrogens is 290 g/mol. The minimum absolute atomic E-state index is 0.0513. The summed E-state index contributed by atoms with van der Waals surface area (Å²) in [6.07, 6.45) is 0.865. The summed E-state index contributed by atoms with van der Waals surface area (Å²) in [5.41, 5.74) is 6.07. The molecule has 1 aliphatic rings. The second-order valence-corrected chi connectivity index (χ2v) is 7.61. The number of nitrogens with zero attached hydrogens (tertiary/aromatic N) is 1. The predicted molar refractivity (Wildman–Crippen MR) is 80.4 cm³/mol. The summed E-state index contributed by atoms with van der Waals surface area (Å²) >= 11 is 0. The van der Waals surface area contributed by atoms with Gasteiger partial charge in [0.25, 0.3) is 5.91 Å². The van der Waals surface area contributed by atoms with Crippen LogP contribution in [0.4, 0.5) is 0 Å². The Balaban J connectivity index is 2.24. The number of sulfonamides is 1. The van der Waals surface area contributed by atoms with Gasteiger partial charge < -0.3 is 10.6 Å². The van der Waals surface area contributed by atoms with E-state index in [0.29, 0.717) is 25.2 Å². The molecule has 1 atom stereocenters. The topological polar surface area (TPSA) is 92.5 Å². The Hall–Kier alpha value is -1.44. The third-order valence-electron chi connectivity index (χ3n) is 4.00. The van der Waals surface area contributed by atoms with E-state index in [4.69, 9.17) is 5.73 Å². The summed E-state index contributed by atoms with van der Waals surface area (Å²) in [6, 6.07) is 6.09. The monoisotopic (exact) mass is 311 g/mol. The van der Waals surface area contributed by atoms with E-state index in [9.17, 15) is 13.2 Å². The van der Waals surface area contributed by atoms with Crippen LogP contribution in [0.2, 0.25) is 0 Å². The lowest BCUT2D eigenvalue weighted by Gasteiger charge is -2.22. The SMILES string of the molecule is CNS(=O)(=O)c1cccc(C(=O)N2CCC(C)(CN)C2)c1. The molecule has 116 valence electrons. The van der Waals surface area contributed by atoms with Gasteiger partial charge in [-0.05, 0) is 43.6 Å². The average molecular weight is 311 g/mol. The zero-order chi connectivity index (χ0) is 15.7. The summed E-state index contributed by atoms with van der Waals surface area (Å²) in [5, 5.41) is 0. The zero-order valence-electron chi connectivity index (χ0n) is 12.3. The van der Waals surface area contributed by atoms with Gasteiger partial charge >= 0.3 is 0 Å². The standard InChI is InChI=1S/C14H21N3O3S/c1-14(9-15)6-7-17(10-14)13(18)11-4-3-5-12(8-11)21(19,20)16-2/h3-5,8,16H,6-7,9-10,15H2,1-2H3. The molecule has 0 radical (unpaired) electrons. The molecule has 1 aromatic rings. The first-order valence-electron chi connectivity index (χ1n) is 6.84. The van der Waals surface area contributed by atoms with E-state index in [-0.39, 0.29) is 16.2 Å². The molecule has 0 spiro atoms. The number of carbonyl (C=O) groups excluding carboxylic acids is 1. The van der Waals surface area contributed by atoms with Gasteiger partial charge in [0.2, 0.25) is 10.0 Å². The Bertz CT molecular complexity index is 645. The third kappa shape index (κ3) is 3.25. The second kappa shape index (κ2) is 5.75. The second-order valence-electron chi connectivity index (χ2n) is 5.73. The van der Waals surface area contributed by atoms with Crippen LogP contribution in [-0.2, 0) is 10.0 Å². The fourth-order valence-electron chi connectivity index (χ4n) is 2.46. The van der Waals surface area contributed by atoms with Crippen LogP contribution in [0.3, 0.4) is 0 Å². The largest absolute Gasteiger partial charge is 0.338 e. The molecule has 2 rings (SSSR count). The fourth-order valence-corrected chi connectivity index (χ4v) is 3.24. The number of nitrogens with two attached hydrogens (primary N) is 1. The maximum Gasteiger partial charge on any atom is 0.253 e. The highest BCUT2D eigenvalue weighted by Gasteiger charge is 2.35. The molecule has 0 aromatic heterocycles. The van der Waals surface area contributed by atoms with E-state index in [2.05, 4.69) is 11.6 Å². The number of hydrogen-bond donors (Lipinski definition) is 2. The summed E-state index contributed by atoms with van der Waals surface area (Å²) in [4.78, 5) is 14.3. The van der Waals surface area contributed by atoms with E-state index in [1.807, 2.05) is 0 Å². The van der Waals surface area contributed by atoms with Crippen LogP contribution in [0.15, 0.2) is 29.2 Å². The molecule has 1 aromatic carbocycles. The number of rotatable bonds is 4. The molecule has 1 fully saturated rings. The molecule has 0 saturated carbocycles. The lowest BCUT2D eigenvalue weighted by molar-refractivity contribution is 0.0776. The molecule has 21 heavy (non-hydrogen) atoms. The first kappa shape index (κ1) is 15.9. The van der Waals surface area contributed by atoms with Crippen molar-refractivity contribution in [1.29, 1.82) is 0 Å². The first-order chi connectivity index (χ1) is 9.81. The minimum Gasteiger partial charge on any atom is -0.338 e. The number of carbonyl (C=O) groups is 1. The number of likely N-dealkylation sites (tertiary alicyclic amines) is 1. The van der Waals surface area contributed by atoms with Gasteiger partial charge in [0.05, 0.1) is 4.90 Å². The molecule has 1 amide bonds. The number of amides is 1. The lowest BCUT2D eigenvalue weighted by Crippen LogP contribution is -2.34. The summed E-state index contributed by atoms with van der Waals surface area (Å²) < 4.78 is 25.8. The van der Waals surface area contributed by atoms with Crippen molar-refractivity contribution in [2.24, 2.45) is 11.1 Å². The van der Waals surface area contributed by atoms with Crippen LogP contribution in [0.5, 0.6) is 0 Å². The smallest absolute Gasteiger partial charge is 0.253 e. The maximum atomic E-state index is 12.5. The van der Waals surface area contributed by atoms with Gasteiger partial charge in [-0.15, -0.1) is 0 Å². The highest BCUT2D eigenvalue weighted by atomic mass is 32.2. The van der Waals surface area contributed by atoms with Gasteiger partial charge in [0, 0.05) is 18.7 Å². The number of hydrogen-bond acceptors (Lipinski definition) is 4. The molecule has 1 saturated heterocycles. The van der Waals surface area contributed by atoms with Gasteiger partial charge in [0.1, 0.15) is 0 Å². The highest BCUT2D eigenvalue weighted by Crippen LogP contribution is 2.29. The van der Waals surface area contributed by atoms with E-state index in [1.54, 1.807) is 17.0 Å². The van der Waals surface area contributed by atoms with Crippen molar-refractivity contribution in [3.63, 3.8) is 0 Å². The molecule has 0 aliphatic carbocycles. The van der Waals surface area contributed by atoms with Gasteiger partial charge in [0.15, 0.2) is 0 Å². The molecular formula is C14H21N3O3S. The molecule has 1 unspecified atom stereocenters. The zero-order valence-corrected chi connectivity index (χ0v) is 13.1. The minimum atomic E-state index is -3.55. The van der Waals surface area contributed by atoms with E-state index in [1.165, 1.54) is 19.2 Å². The molecule has 1 heterocycles. The maximum absolute atomic E-state index is 12.5. The summed E-state index contributed by atoms with van der Waals surface area (Å²) in [5.74, 6) is -0.152. The normalized spacial score (nSPS) is 22.5. The van der Waals surface area contributed by atoms with Crippen LogP contribution >= 0.6 is 0 Å². The Morgan fingerprint density at radius 1 is 1.48 bits per heavy atom. The van der Waals surface area contributed by atoms with Gasteiger partial charge in [-0.1, -0.05) is 13.0 Å². The number of benzene rings is 1.